The Balaban J connectivity index is 2.14. The summed E-state index contributed by atoms with van der Waals surface area (Å²) in [6.07, 6.45) is 5.60. The van der Waals surface area contributed by atoms with E-state index in [1.807, 2.05) is 4.90 Å². The predicted octanol–water partition coefficient (Wildman–Crippen LogP) is 1.87. The van der Waals surface area contributed by atoms with Crippen LogP contribution in [0.25, 0.3) is 0 Å². The van der Waals surface area contributed by atoms with Gasteiger partial charge in [-0.05, 0) is 43.6 Å². The molecule has 1 atom stereocenters. The Morgan fingerprint density at radius 1 is 1.53 bits per heavy atom. The lowest BCUT2D eigenvalue weighted by molar-refractivity contribution is 0.0578. The minimum Gasteiger partial charge on any atom is -0.396 e. The van der Waals surface area contributed by atoms with Gasteiger partial charge in [-0.1, -0.05) is 17.8 Å². The number of carbonyl (C=O) groups is 1. The summed E-state index contributed by atoms with van der Waals surface area (Å²) in [7, 11) is 0. The first kappa shape index (κ1) is 14.4. The molecule has 1 unspecified atom stereocenters. The normalized spacial score (nSPS) is 19.7. The summed E-state index contributed by atoms with van der Waals surface area (Å²) in [4.78, 5) is 15.2. The van der Waals surface area contributed by atoms with Gasteiger partial charge in [-0.2, -0.15) is 0 Å². The third kappa shape index (κ3) is 3.30. The molecule has 1 aliphatic rings. The molecule has 106 valence electrons. The Hall–Kier alpha value is -1.01. The van der Waals surface area contributed by atoms with Crippen molar-refractivity contribution in [2.45, 2.75) is 51.5 Å². The molecule has 1 aromatic heterocycles. The van der Waals surface area contributed by atoms with Gasteiger partial charge in [0.05, 0.1) is 5.69 Å². The van der Waals surface area contributed by atoms with Crippen LogP contribution < -0.4 is 0 Å². The molecule has 1 aromatic rings. The third-order valence-electron chi connectivity index (χ3n) is 3.59. The van der Waals surface area contributed by atoms with Gasteiger partial charge in [0.25, 0.3) is 5.91 Å². The first-order valence-electron chi connectivity index (χ1n) is 7.01. The number of aliphatic hydroxyl groups is 1. The molecule has 1 amide bonds. The lowest BCUT2D eigenvalue weighted by atomic mass is 9.99. The van der Waals surface area contributed by atoms with Gasteiger partial charge in [-0.15, -0.1) is 5.10 Å². The smallest absolute Gasteiger partial charge is 0.267 e. The molecule has 0 aromatic carbocycles. The van der Waals surface area contributed by atoms with E-state index >= 15 is 0 Å². The van der Waals surface area contributed by atoms with E-state index in [2.05, 4.69) is 16.5 Å². The van der Waals surface area contributed by atoms with Crippen molar-refractivity contribution in [2.24, 2.45) is 0 Å². The van der Waals surface area contributed by atoms with Crippen molar-refractivity contribution in [2.75, 3.05) is 13.2 Å². The molecule has 1 N–H and O–H groups in total. The van der Waals surface area contributed by atoms with Gasteiger partial charge >= 0.3 is 0 Å². The van der Waals surface area contributed by atoms with Crippen molar-refractivity contribution in [3.63, 3.8) is 0 Å². The standard InChI is InChI=1S/C13H21N3O2S/c1-2-5-11-12(19-15-14-11)13(18)16-8-4-3-6-10(16)7-9-17/h10,17H,2-9H2,1H3. The number of aryl methyl sites for hydroxylation is 1. The van der Waals surface area contributed by atoms with Crippen LogP contribution >= 0.6 is 11.5 Å². The molecule has 0 saturated carbocycles. The molecule has 2 rings (SSSR count). The van der Waals surface area contributed by atoms with Crippen LogP contribution in [0.2, 0.25) is 0 Å². The summed E-state index contributed by atoms with van der Waals surface area (Å²) in [5.74, 6) is 0.0524. The SMILES string of the molecule is CCCc1nnsc1C(=O)N1CCCCC1CCO. The molecular weight excluding hydrogens is 262 g/mol. The predicted molar refractivity (Wildman–Crippen MR) is 74.3 cm³/mol. The van der Waals surface area contributed by atoms with Crippen LogP contribution in [0.4, 0.5) is 0 Å². The second-order valence-electron chi connectivity index (χ2n) is 4.96. The zero-order valence-electron chi connectivity index (χ0n) is 11.3. The topological polar surface area (TPSA) is 66.3 Å². The van der Waals surface area contributed by atoms with Crippen molar-refractivity contribution in [1.82, 2.24) is 14.5 Å². The summed E-state index contributed by atoms with van der Waals surface area (Å²) in [6.45, 7) is 2.99. The van der Waals surface area contributed by atoms with Gasteiger partial charge in [-0.3, -0.25) is 4.79 Å². The van der Waals surface area contributed by atoms with Crippen LogP contribution in [-0.2, 0) is 6.42 Å². The Labute approximate surface area is 117 Å². The number of piperidine rings is 1. The molecule has 6 heteroatoms. The number of hydrogen-bond donors (Lipinski definition) is 1. The van der Waals surface area contributed by atoms with Crippen LogP contribution in [0.3, 0.4) is 0 Å². The average molecular weight is 283 g/mol. The largest absolute Gasteiger partial charge is 0.396 e. The fourth-order valence-electron chi connectivity index (χ4n) is 2.62. The molecule has 19 heavy (non-hydrogen) atoms. The van der Waals surface area contributed by atoms with E-state index < -0.39 is 0 Å². The summed E-state index contributed by atoms with van der Waals surface area (Å²) < 4.78 is 3.92. The molecule has 0 bridgehead atoms. The minimum atomic E-state index is 0.0524. The number of likely N-dealkylation sites (tertiary alicyclic amines) is 1. The maximum atomic E-state index is 12.6. The van der Waals surface area contributed by atoms with Crippen LogP contribution in [0.15, 0.2) is 0 Å². The number of nitrogens with zero attached hydrogens (tertiary/aromatic N) is 3. The first-order chi connectivity index (χ1) is 9.27. The molecule has 1 saturated heterocycles. The lowest BCUT2D eigenvalue weighted by Crippen LogP contribution is -2.44. The van der Waals surface area contributed by atoms with Gasteiger partial charge in [0.15, 0.2) is 0 Å². The monoisotopic (exact) mass is 283 g/mol. The number of amides is 1. The third-order valence-corrected chi connectivity index (χ3v) is 4.34. The van der Waals surface area contributed by atoms with Crippen LogP contribution in [-0.4, -0.2) is 44.7 Å². The number of hydrogen-bond acceptors (Lipinski definition) is 5. The van der Waals surface area contributed by atoms with Crippen molar-refractivity contribution >= 4 is 17.4 Å². The van der Waals surface area contributed by atoms with E-state index in [0.29, 0.717) is 11.3 Å². The Morgan fingerprint density at radius 2 is 2.37 bits per heavy atom. The number of carbonyl (C=O) groups excluding carboxylic acids is 1. The fourth-order valence-corrected chi connectivity index (χ4v) is 3.28. The molecular formula is C13H21N3O2S. The number of rotatable bonds is 5. The fraction of sp³-hybridized carbons (Fsp3) is 0.769. The lowest BCUT2D eigenvalue weighted by Gasteiger charge is -2.35. The Bertz CT molecular complexity index is 420. The number of aromatic nitrogens is 2. The molecule has 0 radical (unpaired) electrons. The van der Waals surface area contributed by atoms with Crippen molar-refractivity contribution < 1.29 is 9.90 Å². The summed E-state index contributed by atoms with van der Waals surface area (Å²) >= 11 is 1.20. The molecule has 0 spiro atoms. The zero-order chi connectivity index (χ0) is 13.7. The molecule has 0 aliphatic carbocycles. The molecule has 1 fully saturated rings. The van der Waals surface area contributed by atoms with E-state index in [1.54, 1.807) is 0 Å². The van der Waals surface area contributed by atoms with Crippen molar-refractivity contribution in [1.29, 1.82) is 0 Å². The van der Waals surface area contributed by atoms with Gasteiger partial charge in [0.1, 0.15) is 4.88 Å². The highest BCUT2D eigenvalue weighted by atomic mass is 32.1. The van der Waals surface area contributed by atoms with Crippen LogP contribution in [0, 0.1) is 0 Å². The highest BCUT2D eigenvalue weighted by molar-refractivity contribution is 7.08. The highest BCUT2D eigenvalue weighted by Gasteiger charge is 2.29. The quantitative estimate of drug-likeness (QED) is 0.896. The Morgan fingerprint density at radius 3 is 3.11 bits per heavy atom. The molecule has 5 nitrogen and oxygen atoms in total. The number of aliphatic hydroxyl groups excluding tert-OH is 1. The second-order valence-corrected chi connectivity index (χ2v) is 5.71. The van der Waals surface area contributed by atoms with Gasteiger partial charge in [0, 0.05) is 19.2 Å². The van der Waals surface area contributed by atoms with Gasteiger partial charge < -0.3 is 10.0 Å². The maximum absolute atomic E-state index is 12.6. The van der Waals surface area contributed by atoms with E-state index in [4.69, 9.17) is 5.11 Å². The average Bonchev–Trinajstić information content (AvgIpc) is 2.88. The summed E-state index contributed by atoms with van der Waals surface area (Å²) in [6, 6.07) is 0.169. The summed E-state index contributed by atoms with van der Waals surface area (Å²) in [5, 5.41) is 13.2. The summed E-state index contributed by atoms with van der Waals surface area (Å²) in [5.41, 5.74) is 0.825. The van der Waals surface area contributed by atoms with Gasteiger partial charge in [-0.25, -0.2) is 0 Å². The molecule has 2 heterocycles. The molecule has 1 aliphatic heterocycles. The minimum absolute atomic E-state index is 0.0524. The van der Waals surface area contributed by atoms with E-state index in [1.165, 1.54) is 11.5 Å². The Kier molecular flexibility index (Phi) is 5.27. The van der Waals surface area contributed by atoms with Crippen LogP contribution in [0.5, 0.6) is 0 Å². The van der Waals surface area contributed by atoms with E-state index in [-0.39, 0.29) is 18.6 Å². The second kappa shape index (κ2) is 6.96. The van der Waals surface area contributed by atoms with Crippen LogP contribution in [0.1, 0.15) is 54.4 Å². The van der Waals surface area contributed by atoms with Gasteiger partial charge in [0.2, 0.25) is 0 Å². The van der Waals surface area contributed by atoms with E-state index in [0.717, 1.165) is 44.3 Å². The van der Waals surface area contributed by atoms with E-state index in [9.17, 15) is 4.79 Å². The zero-order valence-corrected chi connectivity index (χ0v) is 12.2. The van der Waals surface area contributed by atoms with Crippen molar-refractivity contribution in [3.05, 3.63) is 10.6 Å². The highest BCUT2D eigenvalue weighted by Crippen LogP contribution is 2.24. The first-order valence-corrected chi connectivity index (χ1v) is 7.78. The van der Waals surface area contributed by atoms with Crippen molar-refractivity contribution in [3.8, 4) is 0 Å². The maximum Gasteiger partial charge on any atom is 0.267 e.